The molecule has 2 amide bonds. The number of benzene rings is 1. The van der Waals surface area contributed by atoms with Gasteiger partial charge < -0.3 is 38.7 Å². The maximum Gasteiger partial charge on any atom is 0.519 e. The number of furan rings is 1. The van der Waals surface area contributed by atoms with Crippen LogP contribution in [0.1, 0.15) is 79.9 Å². The number of esters is 1. The monoisotopic (exact) mass is 669 g/mol. The maximum absolute atomic E-state index is 14.1. The summed E-state index contributed by atoms with van der Waals surface area (Å²) in [6.07, 6.45) is 7.40. The number of methoxy groups -OCH3 is 1. The lowest BCUT2D eigenvalue weighted by Gasteiger charge is -2.37. The maximum atomic E-state index is 14.1. The SMILES string of the molecule is COC1CCC([C@@H]2CCN(C(=O)C3CCC([C@H](N)CF)CC3)[C@@H]2C(=O)Nc2ccc3oc(C(=O)OCc4oc(=O)oc4C)cc3c2)CC1. The summed E-state index contributed by atoms with van der Waals surface area (Å²) in [7, 11) is 1.73. The first-order valence-corrected chi connectivity index (χ1v) is 16.9. The number of hydrogen-bond donors (Lipinski definition) is 2. The van der Waals surface area contributed by atoms with Crippen LogP contribution in [-0.4, -0.2) is 61.2 Å². The van der Waals surface area contributed by atoms with E-state index in [-0.39, 0.29) is 59.6 Å². The minimum atomic E-state index is -0.880. The fraction of sp³-hybridized carbons (Fsp3) is 0.600. The number of hydrogen-bond acceptors (Lipinski definition) is 10. The first kappa shape index (κ1) is 33.9. The molecule has 1 aromatic carbocycles. The number of likely N-dealkylation sites (tertiary alicyclic amines) is 1. The molecule has 3 aromatic rings. The van der Waals surface area contributed by atoms with Crippen LogP contribution in [0, 0.1) is 30.6 Å². The Morgan fingerprint density at radius 1 is 1.02 bits per heavy atom. The van der Waals surface area contributed by atoms with Gasteiger partial charge in [0, 0.05) is 36.7 Å². The minimum absolute atomic E-state index is 0.00572. The van der Waals surface area contributed by atoms with Crippen molar-refractivity contribution in [1.82, 2.24) is 4.90 Å². The number of aryl methyl sites for hydroxylation is 1. The number of fused-ring (bicyclic) bond motifs is 1. The molecule has 2 aromatic heterocycles. The number of anilines is 1. The van der Waals surface area contributed by atoms with Crippen LogP contribution in [0.15, 0.2) is 42.3 Å². The third-order valence-electron chi connectivity index (χ3n) is 10.7. The first-order chi connectivity index (χ1) is 23.1. The molecule has 3 N–H and O–H groups in total. The van der Waals surface area contributed by atoms with E-state index in [0.717, 1.165) is 32.1 Å². The number of nitrogens with two attached hydrogens (primary N) is 1. The van der Waals surface area contributed by atoms with Crippen molar-refractivity contribution < 1.29 is 41.5 Å². The van der Waals surface area contributed by atoms with Crippen molar-refractivity contribution in [1.29, 1.82) is 0 Å². The summed E-state index contributed by atoms with van der Waals surface area (Å²) < 4.78 is 39.3. The average Bonchev–Trinajstić information content (AvgIpc) is 3.82. The minimum Gasteiger partial charge on any atom is -0.451 e. The second-order valence-electron chi connectivity index (χ2n) is 13.5. The van der Waals surface area contributed by atoms with Crippen LogP contribution in [-0.2, 0) is 25.7 Å². The van der Waals surface area contributed by atoms with Crippen LogP contribution in [0.25, 0.3) is 11.0 Å². The Hall–Kier alpha value is -3.97. The zero-order chi connectivity index (χ0) is 33.9. The summed E-state index contributed by atoms with van der Waals surface area (Å²) >= 11 is 0. The van der Waals surface area contributed by atoms with Gasteiger partial charge in [-0.2, -0.15) is 0 Å². The largest absolute Gasteiger partial charge is 0.519 e. The standard InChI is InChI=1S/C35H44FN3O9/c1-19-30(48-35(43)46-19)18-45-34(42)29-16-23-15-24(9-12-28(23)47-29)38-32(40)31-26(20-7-10-25(44-2)11-8-20)13-14-39(31)33(41)22-5-3-21(4-6-22)27(37)17-36/h9,12,15-16,20-22,25-27,31H,3-8,10-11,13-14,17-18,37H2,1-2H3,(H,38,40)/t20?,21?,22?,25?,26-,27+,31-/m0/s1. The van der Waals surface area contributed by atoms with Gasteiger partial charge in [0.25, 0.3) is 0 Å². The fourth-order valence-corrected chi connectivity index (χ4v) is 7.95. The van der Waals surface area contributed by atoms with Gasteiger partial charge in [-0.15, -0.1) is 0 Å². The fourth-order valence-electron chi connectivity index (χ4n) is 7.95. The quantitative estimate of drug-likeness (QED) is 0.277. The Balaban J connectivity index is 1.16. The highest BCUT2D eigenvalue weighted by Crippen LogP contribution is 2.42. The molecule has 0 radical (unpaired) electrons. The van der Waals surface area contributed by atoms with Crippen molar-refractivity contribution in [2.75, 3.05) is 25.6 Å². The van der Waals surface area contributed by atoms with Gasteiger partial charge in [0.2, 0.25) is 17.6 Å². The van der Waals surface area contributed by atoms with Crippen molar-refractivity contribution >= 4 is 34.4 Å². The van der Waals surface area contributed by atoms with E-state index in [0.29, 0.717) is 54.8 Å². The molecule has 2 aliphatic carbocycles. The zero-order valence-corrected chi connectivity index (χ0v) is 27.4. The Morgan fingerprint density at radius 3 is 2.44 bits per heavy atom. The number of carbonyl (C=O) groups excluding carboxylic acids is 3. The topological polar surface area (TPSA) is 167 Å². The summed E-state index contributed by atoms with van der Waals surface area (Å²) in [6.45, 7) is 1.18. The smallest absolute Gasteiger partial charge is 0.451 e. The Kier molecular flexibility index (Phi) is 10.4. The van der Waals surface area contributed by atoms with Crippen LogP contribution in [0.4, 0.5) is 10.1 Å². The molecule has 3 aliphatic rings. The molecule has 3 fully saturated rings. The molecule has 3 atom stereocenters. The molecular formula is C35H44FN3O9. The summed E-state index contributed by atoms with van der Waals surface area (Å²) in [5.41, 5.74) is 6.88. The van der Waals surface area contributed by atoms with Crippen molar-refractivity contribution in [2.24, 2.45) is 29.4 Å². The number of nitrogens with zero attached hydrogens (tertiary/aromatic N) is 1. The number of halogens is 1. The van der Waals surface area contributed by atoms with E-state index < -0.39 is 30.5 Å². The second kappa shape index (κ2) is 14.7. The van der Waals surface area contributed by atoms with Crippen LogP contribution < -0.4 is 16.9 Å². The molecule has 1 aliphatic heterocycles. The molecule has 260 valence electrons. The lowest BCUT2D eigenvalue weighted by molar-refractivity contribution is -0.142. The van der Waals surface area contributed by atoms with Gasteiger partial charge in [0.05, 0.1) is 6.10 Å². The van der Waals surface area contributed by atoms with Crippen LogP contribution in [0.3, 0.4) is 0 Å². The second-order valence-corrected chi connectivity index (χ2v) is 13.5. The summed E-state index contributed by atoms with van der Waals surface area (Å²) in [4.78, 5) is 53.8. The zero-order valence-electron chi connectivity index (χ0n) is 27.4. The van der Waals surface area contributed by atoms with E-state index in [1.54, 1.807) is 30.2 Å². The molecule has 48 heavy (non-hydrogen) atoms. The number of nitrogens with one attached hydrogen (secondary N) is 1. The normalized spacial score (nSPS) is 26.8. The van der Waals surface area contributed by atoms with Crippen LogP contribution in [0.5, 0.6) is 0 Å². The van der Waals surface area contributed by atoms with E-state index in [9.17, 15) is 23.6 Å². The van der Waals surface area contributed by atoms with E-state index in [1.807, 2.05) is 0 Å². The Labute approximate surface area is 277 Å². The van der Waals surface area contributed by atoms with Crippen molar-refractivity contribution in [3.8, 4) is 0 Å². The van der Waals surface area contributed by atoms with Gasteiger partial charge in [0.15, 0.2) is 18.1 Å². The number of amides is 2. The highest BCUT2D eigenvalue weighted by atomic mass is 19.1. The molecule has 1 saturated heterocycles. The summed E-state index contributed by atoms with van der Waals surface area (Å²) in [5.74, 6) is -1.44. The van der Waals surface area contributed by atoms with E-state index in [4.69, 9.17) is 28.5 Å². The molecule has 0 spiro atoms. The predicted molar refractivity (Wildman–Crippen MR) is 172 cm³/mol. The van der Waals surface area contributed by atoms with Crippen LogP contribution >= 0.6 is 0 Å². The first-order valence-electron chi connectivity index (χ1n) is 16.9. The number of carbonyl (C=O) groups is 3. The van der Waals surface area contributed by atoms with Crippen molar-refractivity contribution in [3.05, 3.63) is 52.2 Å². The lowest BCUT2D eigenvalue weighted by Crippen LogP contribution is -2.50. The molecule has 6 rings (SSSR count). The summed E-state index contributed by atoms with van der Waals surface area (Å²) in [5, 5.41) is 3.62. The highest BCUT2D eigenvalue weighted by molar-refractivity contribution is 6.00. The molecule has 0 unspecified atom stereocenters. The van der Waals surface area contributed by atoms with Gasteiger partial charge in [0.1, 0.15) is 18.3 Å². The Bertz CT molecular complexity index is 1660. The molecule has 0 bridgehead atoms. The lowest BCUT2D eigenvalue weighted by atomic mass is 9.75. The molecular weight excluding hydrogens is 625 g/mol. The van der Waals surface area contributed by atoms with Gasteiger partial charge in [-0.1, -0.05) is 0 Å². The van der Waals surface area contributed by atoms with Crippen LogP contribution in [0.2, 0.25) is 0 Å². The number of alkyl halides is 1. The van der Waals surface area contributed by atoms with Gasteiger partial charge in [-0.3, -0.25) is 9.59 Å². The van der Waals surface area contributed by atoms with E-state index >= 15 is 0 Å². The predicted octanol–water partition coefficient (Wildman–Crippen LogP) is 5.11. The average molecular weight is 670 g/mol. The van der Waals surface area contributed by atoms with Crippen molar-refractivity contribution in [3.63, 3.8) is 0 Å². The third-order valence-corrected chi connectivity index (χ3v) is 10.7. The van der Waals surface area contributed by atoms with Gasteiger partial charge in [-0.25, -0.2) is 14.0 Å². The molecule has 12 nitrogen and oxygen atoms in total. The molecule has 2 saturated carbocycles. The van der Waals surface area contributed by atoms with Crippen molar-refractivity contribution in [2.45, 2.75) is 89.5 Å². The van der Waals surface area contributed by atoms with E-state index in [1.165, 1.54) is 13.0 Å². The number of rotatable bonds is 10. The third kappa shape index (κ3) is 7.21. The van der Waals surface area contributed by atoms with E-state index in [2.05, 4.69) is 5.32 Å². The molecule has 3 heterocycles. The molecule has 13 heteroatoms. The van der Waals surface area contributed by atoms with Gasteiger partial charge >= 0.3 is 11.8 Å². The Morgan fingerprint density at radius 2 is 1.77 bits per heavy atom. The highest BCUT2D eigenvalue weighted by Gasteiger charge is 2.47. The summed E-state index contributed by atoms with van der Waals surface area (Å²) in [6, 6.07) is 5.45. The van der Waals surface area contributed by atoms with Gasteiger partial charge in [-0.05, 0) is 107 Å². The number of ether oxygens (including phenoxy) is 2.